The van der Waals surface area contributed by atoms with Crippen LogP contribution in [0.15, 0.2) is 18.2 Å². The number of methoxy groups -OCH3 is 1. The lowest BCUT2D eigenvalue weighted by Gasteiger charge is -2.33. The summed E-state index contributed by atoms with van der Waals surface area (Å²) in [5, 5.41) is 3.57. The van der Waals surface area contributed by atoms with Crippen LogP contribution in [0.25, 0.3) is 0 Å². The summed E-state index contributed by atoms with van der Waals surface area (Å²) in [5.41, 5.74) is 1.25. The van der Waals surface area contributed by atoms with Gasteiger partial charge in [0.1, 0.15) is 0 Å². The first kappa shape index (κ1) is 13.2. The van der Waals surface area contributed by atoms with Gasteiger partial charge in [-0.15, -0.1) is 0 Å². The predicted molar refractivity (Wildman–Crippen MR) is 73.2 cm³/mol. The van der Waals surface area contributed by atoms with Crippen molar-refractivity contribution in [3.8, 4) is 11.5 Å². The number of rotatable bonds is 6. The summed E-state index contributed by atoms with van der Waals surface area (Å²) < 4.78 is 10.9. The Morgan fingerprint density at radius 1 is 1.28 bits per heavy atom. The van der Waals surface area contributed by atoms with Gasteiger partial charge < -0.3 is 14.8 Å². The van der Waals surface area contributed by atoms with Crippen LogP contribution in [0.5, 0.6) is 11.5 Å². The zero-order valence-electron chi connectivity index (χ0n) is 11.5. The van der Waals surface area contributed by atoms with Gasteiger partial charge in [0.2, 0.25) is 0 Å². The third kappa shape index (κ3) is 3.16. The summed E-state index contributed by atoms with van der Waals surface area (Å²) >= 11 is 0. The molecule has 3 nitrogen and oxygen atoms in total. The Morgan fingerprint density at radius 2 is 2.06 bits per heavy atom. The Hall–Kier alpha value is -1.22. The Labute approximate surface area is 109 Å². The lowest BCUT2D eigenvalue weighted by atomic mass is 9.82. The smallest absolute Gasteiger partial charge is 0.161 e. The van der Waals surface area contributed by atoms with E-state index in [0.717, 1.165) is 24.0 Å². The lowest BCUT2D eigenvalue weighted by molar-refractivity contribution is 0.240. The fourth-order valence-electron chi connectivity index (χ4n) is 2.43. The van der Waals surface area contributed by atoms with Gasteiger partial charge >= 0.3 is 0 Å². The zero-order chi connectivity index (χ0) is 13.0. The number of nitrogens with one attached hydrogen (secondary N) is 1. The highest BCUT2D eigenvalue weighted by molar-refractivity contribution is 5.42. The zero-order valence-corrected chi connectivity index (χ0v) is 11.5. The van der Waals surface area contributed by atoms with E-state index in [1.165, 1.54) is 18.4 Å². The minimum absolute atomic E-state index is 0.661. The third-order valence-electron chi connectivity index (χ3n) is 3.50. The highest BCUT2D eigenvalue weighted by atomic mass is 16.5. The molecule has 0 heterocycles. The molecule has 0 aromatic heterocycles. The topological polar surface area (TPSA) is 30.5 Å². The molecule has 1 aliphatic rings. The molecule has 18 heavy (non-hydrogen) atoms. The molecule has 3 heteroatoms. The van der Waals surface area contributed by atoms with Crippen LogP contribution < -0.4 is 14.8 Å². The molecule has 0 bridgehead atoms. The van der Waals surface area contributed by atoms with Crippen molar-refractivity contribution in [1.29, 1.82) is 0 Å². The van der Waals surface area contributed by atoms with Gasteiger partial charge in [0, 0.05) is 12.6 Å². The Kier molecular flexibility index (Phi) is 4.48. The van der Waals surface area contributed by atoms with Gasteiger partial charge in [-0.05, 0) is 43.4 Å². The SMILES string of the molecule is CCOc1ccc(CNC2CC(C)C2)cc1OC. The van der Waals surface area contributed by atoms with Crippen molar-refractivity contribution in [3.63, 3.8) is 0 Å². The van der Waals surface area contributed by atoms with Gasteiger partial charge in [0.25, 0.3) is 0 Å². The molecule has 1 N–H and O–H groups in total. The van der Waals surface area contributed by atoms with Gasteiger partial charge in [-0.2, -0.15) is 0 Å². The van der Waals surface area contributed by atoms with E-state index in [0.29, 0.717) is 12.6 Å². The Balaban J connectivity index is 1.92. The molecule has 1 aliphatic carbocycles. The molecule has 0 amide bonds. The number of hydrogen-bond acceptors (Lipinski definition) is 3. The van der Waals surface area contributed by atoms with E-state index < -0.39 is 0 Å². The van der Waals surface area contributed by atoms with Crippen molar-refractivity contribution < 1.29 is 9.47 Å². The molecule has 0 atom stereocenters. The van der Waals surface area contributed by atoms with Crippen molar-refractivity contribution in [2.45, 2.75) is 39.3 Å². The Morgan fingerprint density at radius 3 is 2.67 bits per heavy atom. The van der Waals surface area contributed by atoms with E-state index in [4.69, 9.17) is 9.47 Å². The maximum Gasteiger partial charge on any atom is 0.161 e. The fraction of sp³-hybridized carbons (Fsp3) is 0.600. The van der Waals surface area contributed by atoms with Crippen LogP contribution in [-0.4, -0.2) is 19.8 Å². The van der Waals surface area contributed by atoms with E-state index in [1.54, 1.807) is 7.11 Å². The second kappa shape index (κ2) is 6.10. The summed E-state index contributed by atoms with van der Waals surface area (Å²) in [6.07, 6.45) is 2.60. The van der Waals surface area contributed by atoms with Gasteiger partial charge in [0.15, 0.2) is 11.5 Å². The maximum absolute atomic E-state index is 5.51. The van der Waals surface area contributed by atoms with E-state index in [2.05, 4.69) is 24.4 Å². The molecule has 0 radical (unpaired) electrons. The second-order valence-electron chi connectivity index (χ2n) is 5.07. The highest BCUT2D eigenvalue weighted by Crippen LogP contribution is 2.29. The van der Waals surface area contributed by atoms with Crippen LogP contribution in [0.4, 0.5) is 0 Å². The monoisotopic (exact) mass is 249 g/mol. The van der Waals surface area contributed by atoms with E-state index in [1.807, 2.05) is 13.0 Å². The third-order valence-corrected chi connectivity index (χ3v) is 3.50. The van der Waals surface area contributed by atoms with E-state index >= 15 is 0 Å². The van der Waals surface area contributed by atoms with Gasteiger partial charge in [-0.25, -0.2) is 0 Å². The first-order valence-electron chi connectivity index (χ1n) is 6.76. The van der Waals surface area contributed by atoms with Crippen molar-refractivity contribution in [3.05, 3.63) is 23.8 Å². The van der Waals surface area contributed by atoms with Crippen LogP contribution in [0.3, 0.4) is 0 Å². The number of hydrogen-bond donors (Lipinski definition) is 1. The predicted octanol–water partition coefficient (Wildman–Crippen LogP) is 2.98. The second-order valence-corrected chi connectivity index (χ2v) is 5.07. The molecular weight excluding hydrogens is 226 g/mol. The lowest BCUT2D eigenvalue weighted by Crippen LogP contribution is -2.39. The number of benzene rings is 1. The molecular formula is C15H23NO2. The quantitative estimate of drug-likeness (QED) is 0.840. The summed E-state index contributed by atoms with van der Waals surface area (Å²) in [6.45, 7) is 5.85. The first-order chi connectivity index (χ1) is 8.72. The van der Waals surface area contributed by atoms with E-state index in [9.17, 15) is 0 Å². The summed E-state index contributed by atoms with van der Waals surface area (Å²) in [5.74, 6) is 2.52. The fourth-order valence-corrected chi connectivity index (χ4v) is 2.43. The maximum atomic E-state index is 5.51. The summed E-state index contributed by atoms with van der Waals surface area (Å²) in [6, 6.07) is 6.84. The minimum Gasteiger partial charge on any atom is -0.493 e. The molecule has 2 rings (SSSR count). The minimum atomic E-state index is 0.661. The molecule has 0 spiro atoms. The number of ether oxygens (including phenoxy) is 2. The molecule has 1 fully saturated rings. The standard InChI is InChI=1S/C15H23NO2/c1-4-18-14-6-5-12(9-15(14)17-3)10-16-13-7-11(2)8-13/h5-6,9,11,13,16H,4,7-8,10H2,1-3H3. The van der Waals surface area contributed by atoms with E-state index in [-0.39, 0.29) is 0 Å². The van der Waals surface area contributed by atoms with Crippen LogP contribution >= 0.6 is 0 Å². The van der Waals surface area contributed by atoms with Crippen LogP contribution in [0.2, 0.25) is 0 Å². The molecule has 0 unspecified atom stereocenters. The molecule has 1 aromatic rings. The Bertz CT molecular complexity index is 386. The van der Waals surface area contributed by atoms with Crippen LogP contribution in [-0.2, 0) is 6.54 Å². The van der Waals surface area contributed by atoms with Crippen LogP contribution in [0, 0.1) is 5.92 Å². The molecule has 1 saturated carbocycles. The van der Waals surface area contributed by atoms with Gasteiger partial charge in [-0.3, -0.25) is 0 Å². The normalized spacial score (nSPS) is 22.4. The van der Waals surface area contributed by atoms with Gasteiger partial charge in [-0.1, -0.05) is 13.0 Å². The molecule has 1 aromatic carbocycles. The highest BCUT2D eigenvalue weighted by Gasteiger charge is 2.24. The average molecular weight is 249 g/mol. The van der Waals surface area contributed by atoms with Gasteiger partial charge in [0.05, 0.1) is 13.7 Å². The largest absolute Gasteiger partial charge is 0.493 e. The van der Waals surface area contributed by atoms with Crippen molar-refractivity contribution in [2.75, 3.05) is 13.7 Å². The van der Waals surface area contributed by atoms with Crippen molar-refractivity contribution in [2.24, 2.45) is 5.92 Å². The molecule has 0 saturated heterocycles. The van der Waals surface area contributed by atoms with Crippen molar-refractivity contribution in [1.82, 2.24) is 5.32 Å². The van der Waals surface area contributed by atoms with Crippen molar-refractivity contribution >= 4 is 0 Å². The molecule has 0 aliphatic heterocycles. The van der Waals surface area contributed by atoms with Crippen LogP contribution in [0.1, 0.15) is 32.3 Å². The summed E-state index contributed by atoms with van der Waals surface area (Å²) in [4.78, 5) is 0. The average Bonchev–Trinajstić information content (AvgIpc) is 2.35. The molecule has 100 valence electrons. The first-order valence-corrected chi connectivity index (χ1v) is 6.76. The summed E-state index contributed by atoms with van der Waals surface area (Å²) in [7, 11) is 1.68.